The van der Waals surface area contributed by atoms with Gasteiger partial charge in [-0.3, -0.25) is 8.87 Å². The molecular weight excluding hydrogens is 462 g/mol. The Morgan fingerprint density at radius 2 is 1.76 bits per heavy atom. The van der Waals surface area contributed by atoms with Crippen molar-refractivity contribution in [2.75, 3.05) is 46.4 Å². The van der Waals surface area contributed by atoms with E-state index in [1.54, 1.807) is 11.3 Å². The molecule has 5 heterocycles. The molecule has 6 nitrogen and oxygen atoms in total. The Kier molecular flexibility index (Phi) is 6.69. The fourth-order valence-electron chi connectivity index (χ4n) is 6.12. The summed E-state index contributed by atoms with van der Waals surface area (Å²) in [4.78, 5) is 15.0. The number of pyridine rings is 1. The van der Waals surface area contributed by atoms with Crippen LogP contribution < -0.4 is 0 Å². The van der Waals surface area contributed by atoms with Crippen LogP contribution in [0.5, 0.6) is 0 Å². The molecule has 3 aromatic heterocycles. The Morgan fingerprint density at radius 1 is 1.00 bits per heavy atom. The Hall–Kier alpha value is -1.45. The molecule has 0 atom stereocenters. The molecule has 1 saturated carbocycles. The van der Waals surface area contributed by atoms with Crippen LogP contribution in [0.25, 0.3) is 21.6 Å². The van der Waals surface area contributed by atoms with Crippen LogP contribution in [0.1, 0.15) is 61.6 Å². The molecule has 182 valence electrons. The first-order valence-electron chi connectivity index (χ1n) is 12.8. The van der Waals surface area contributed by atoms with E-state index in [0.717, 1.165) is 56.1 Å². The topological polar surface area (TPSA) is 46.4 Å². The molecular formula is C26H35N5OS2. The van der Waals surface area contributed by atoms with Crippen molar-refractivity contribution >= 4 is 35.2 Å². The van der Waals surface area contributed by atoms with Gasteiger partial charge in [-0.25, -0.2) is 9.97 Å². The van der Waals surface area contributed by atoms with Crippen LogP contribution in [0.4, 0.5) is 0 Å². The third kappa shape index (κ3) is 4.55. The number of ether oxygens (including phenoxy) is 1. The summed E-state index contributed by atoms with van der Waals surface area (Å²) in [5.74, 6) is 1.18. The van der Waals surface area contributed by atoms with Gasteiger partial charge in [-0.05, 0) is 76.2 Å². The van der Waals surface area contributed by atoms with E-state index in [-0.39, 0.29) is 0 Å². The number of hydrogen-bond acceptors (Lipinski definition) is 7. The summed E-state index contributed by atoms with van der Waals surface area (Å²) in [5, 5.41) is 4.56. The molecule has 0 spiro atoms. The molecule has 1 aliphatic carbocycles. The molecule has 8 heteroatoms. The van der Waals surface area contributed by atoms with Crippen LogP contribution in [0.15, 0.2) is 23.8 Å². The smallest absolute Gasteiger partial charge is 0.150 e. The van der Waals surface area contributed by atoms with Gasteiger partial charge in [0, 0.05) is 53.8 Å². The van der Waals surface area contributed by atoms with Crippen molar-refractivity contribution < 1.29 is 4.74 Å². The van der Waals surface area contributed by atoms with Crippen LogP contribution in [-0.4, -0.2) is 76.2 Å². The molecule has 0 bridgehead atoms. The lowest BCUT2D eigenvalue weighted by Gasteiger charge is -2.38. The third-order valence-electron chi connectivity index (χ3n) is 8.27. The molecule has 2 saturated heterocycles. The second-order valence-electron chi connectivity index (χ2n) is 10.3. The SMILES string of the molecule is CN1CCC(c2csc(-c3cn(S)c4ncc(C5CCC(N6CCOCC6)CC5)cc34)n2)CC1. The minimum atomic E-state index is 0.584. The van der Waals surface area contributed by atoms with Gasteiger partial charge in [-0.1, -0.05) is 12.8 Å². The van der Waals surface area contributed by atoms with E-state index in [4.69, 9.17) is 14.7 Å². The first-order valence-corrected chi connectivity index (χ1v) is 14.1. The molecule has 0 radical (unpaired) electrons. The van der Waals surface area contributed by atoms with Crippen molar-refractivity contribution in [2.45, 2.75) is 56.4 Å². The molecule has 0 unspecified atom stereocenters. The zero-order valence-corrected chi connectivity index (χ0v) is 21.7. The first-order chi connectivity index (χ1) is 16.7. The van der Waals surface area contributed by atoms with E-state index >= 15 is 0 Å². The van der Waals surface area contributed by atoms with Crippen molar-refractivity contribution in [3.05, 3.63) is 35.1 Å². The lowest BCUT2D eigenvalue weighted by molar-refractivity contribution is 0.00729. The standard InChI is InChI=1S/C26H35N5OS2/c1-29-8-6-19(7-9-29)24-17-34-26(28-24)23-16-31(33)25-22(23)14-20(15-27-25)18-2-4-21(5-3-18)30-10-12-32-13-11-30/h14-19,21,33H,2-13H2,1H3. The van der Waals surface area contributed by atoms with Crippen LogP contribution in [0, 0.1) is 0 Å². The molecule has 0 N–H and O–H groups in total. The zero-order chi connectivity index (χ0) is 23.1. The summed E-state index contributed by atoms with van der Waals surface area (Å²) in [6.07, 6.45) is 11.6. The largest absolute Gasteiger partial charge is 0.379 e. The van der Waals surface area contributed by atoms with Gasteiger partial charge < -0.3 is 9.64 Å². The summed E-state index contributed by atoms with van der Waals surface area (Å²) in [5.41, 5.74) is 4.74. The summed E-state index contributed by atoms with van der Waals surface area (Å²) >= 11 is 6.45. The summed E-state index contributed by atoms with van der Waals surface area (Å²) in [7, 11) is 2.21. The fraction of sp³-hybridized carbons (Fsp3) is 0.615. The number of rotatable bonds is 4. The number of fused-ring (bicyclic) bond motifs is 1. The zero-order valence-electron chi connectivity index (χ0n) is 20.0. The summed E-state index contributed by atoms with van der Waals surface area (Å²) in [6.45, 7) is 6.29. The number of thiazole rings is 1. The number of morpholine rings is 1. The summed E-state index contributed by atoms with van der Waals surface area (Å²) < 4.78 is 7.41. The quantitative estimate of drug-likeness (QED) is 0.513. The maximum atomic E-state index is 5.55. The molecule has 34 heavy (non-hydrogen) atoms. The molecule has 0 aromatic carbocycles. The maximum absolute atomic E-state index is 5.55. The lowest BCUT2D eigenvalue weighted by atomic mass is 9.81. The normalized spacial score (nSPS) is 25.8. The van der Waals surface area contributed by atoms with E-state index in [1.165, 1.54) is 60.7 Å². The number of nitrogens with zero attached hydrogens (tertiary/aromatic N) is 5. The van der Waals surface area contributed by atoms with Gasteiger partial charge in [-0.2, -0.15) is 0 Å². The maximum Gasteiger partial charge on any atom is 0.150 e. The van der Waals surface area contributed by atoms with Gasteiger partial charge in [0.05, 0.1) is 18.9 Å². The molecule has 3 aromatic rings. The summed E-state index contributed by atoms with van der Waals surface area (Å²) in [6, 6.07) is 3.10. The van der Waals surface area contributed by atoms with E-state index < -0.39 is 0 Å². The Labute approximate surface area is 211 Å². The van der Waals surface area contributed by atoms with E-state index in [2.05, 4.69) is 53.5 Å². The number of thiol groups is 1. The predicted octanol–water partition coefficient (Wildman–Crippen LogP) is 5.02. The number of likely N-dealkylation sites (tertiary alicyclic amines) is 1. The average molecular weight is 498 g/mol. The highest BCUT2D eigenvalue weighted by atomic mass is 32.1. The molecule has 0 amide bonds. The minimum Gasteiger partial charge on any atom is -0.379 e. The second-order valence-corrected chi connectivity index (χ2v) is 11.6. The fourth-order valence-corrected chi connectivity index (χ4v) is 7.32. The van der Waals surface area contributed by atoms with Crippen LogP contribution >= 0.6 is 24.2 Å². The van der Waals surface area contributed by atoms with E-state index in [0.29, 0.717) is 11.8 Å². The van der Waals surface area contributed by atoms with Crippen molar-refractivity contribution in [1.29, 1.82) is 0 Å². The molecule has 2 aliphatic heterocycles. The van der Waals surface area contributed by atoms with Crippen molar-refractivity contribution in [3.63, 3.8) is 0 Å². The van der Waals surface area contributed by atoms with Gasteiger partial charge in [0.1, 0.15) is 10.7 Å². The number of piperidine rings is 1. The molecule has 3 fully saturated rings. The van der Waals surface area contributed by atoms with Gasteiger partial charge in [0.15, 0.2) is 0 Å². The lowest BCUT2D eigenvalue weighted by Crippen LogP contribution is -2.44. The average Bonchev–Trinajstić information content (AvgIpc) is 3.50. The Morgan fingerprint density at radius 3 is 2.53 bits per heavy atom. The van der Waals surface area contributed by atoms with Gasteiger partial charge in [0.2, 0.25) is 0 Å². The molecule has 3 aliphatic rings. The number of hydrogen-bond donors (Lipinski definition) is 1. The monoisotopic (exact) mass is 497 g/mol. The number of aromatic nitrogens is 3. The van der Waals surface area contributed by atoms with E-state index in [1.807, 2.05) is 3.97 Å². The van der Waals surface area contributed by atoms with Crippen LogP contribution in [0.2, 0.25) is 0 Å². The molecule has 6 rings (SSSR count). The highest BCUT2D eigenvalue weighted by Crippen LogP contribution is 2.39. The van der Waals surface area contributed by atoms with Crippen LogP contribution in [0.3, 0.4) is 0 Å². The van der Waals surface area contributed by atoms with E-state index in [9.17, 15) is 0 Å². The highest BCUT2D eigenvalue weighted by Gasteiger charge is 2.28. The minimum absolute atomic E-state index is 0.584. The Bertz CT molecular complexity index is 1120. The van der Waals surface area contributed by atoms with Crippen LogP contribution in [-0.2, 0) is 4.74 Å². The highest BCUT2D eigenvalue weighted by molar-refractivity contribution is 7.78. The Balaban J connectivity index is 1.21. The van der Waals surface area contributed by atoms with Crippen molar-refractivity contribution in [3.8, 4) is 10.6 Å². The van der Waals surface area contributed by atoms with Crippen molar-refractivity contribution in [2.24, 2.45) is 0 Å². The van der Waals surface area contributed by atoms with Gasteiger partial charge >= 0.3 is 0 Å². The third-order valence-corrected chi connectivity index (χ3v) is 9.46. The first kappa shape index (κ1) is 23.0. The van der Waals surface area contributed by atoms with Gasteiger partial charge in [-0.15, -0.1) is 11.3 Å². The van der Waals surface area contributed by atoms with Gasteiger partial charge in [0.25, 0.3) is 0 Å². The second kappa shape index (κ2) is 9.90. The predicted molar refractivity (Wildman–Crippen MR) is 142 cm³/mol. The van der Waals surface area contributed by atoms with Crippen molar-refractivity contribution in [1.82, 2.24) is 23.7 Å².